The van der Waals surface area contributed by atoms with Crippen molar-refractivity contribution in [2.75, 3.05) is 5.32 Å². The van der Waals surface area contributed by atoms with Gasteiger partial charge >= 0.3 is 0 Å². The summed E-state index contributed by atoms with van der Waals surface area (Å²) in [5.41, 5.74) is 6.85. The van der Waals surface area contributed by atoms with E-state index in [1.165, 1.54) is 11.3 Å². The molecular weight excluding hydrogens is 272 g/mol. The van der Waals surface area contributed by atoms with E-state index in [0.29, 0.717) is 11.6 Å². The van der Waals surface area contributed by atoms with Gasteiger partial charge in [-0.2, -0.15) is 0 Å². The Labute approximate surface area is 122 Å². The second-order valence-electron chi connectivity index (χ2n) is 4.90. The van der Waals surface area contributed by atoms with Crippen LogP contribution in [0.5, 0.6) is 0 Å². The standard InChI is InChI=1S/C14H18N4OS/c1-3-6-14(2,15)12(19)18-13-17-11(9-20-13)10-5-4-7-16-8-10/h4-5,7-9H,3,6,15H2,1-2H3,(H,17,18,19). The molecule has 0 saturated heterocycles. The van der Waals surface area contributed by atoms with Crippen LogP contribution in [0.2, 0.25) is 0 Å². The molecule has 0 spiro atoms. The molecule has 0 bridgehead atoms. The molecule has 0 aromatic carbocycles. The summed E-state index contributed by atoms with van der Waals surface area (Å²) in [6.45, 7) is 3.74. The van der Waals surface area contributed by atoms with Crippen molar-refractivity contribution >= 4 is 22.4 Å². The van der Waals surface area contributed by atoms with Gasteiger partial charge in [-0.3, -0.25) is 9.78 Å². The van der Waals surface area contributed by atoms with Crippen molar-refractivity contribution < 1.29 is 4.79 Å². The third-order valence-corrected chi connectivity index (χ3v) is 3.73. The molecule has 2 aromatic rings. The number of carbonyl (C=O) groups excluding carboxylic acids is 1. The first-order valence-corrected chi connectivity index (χ1v) is 7.37. The number of thiazole rings is 1. The van der Waals surface area contributed by atoms with Gasteiger partial charge in [-0.25, -0.2) is 4.98 Å². The van der Waals surface area contributed by atoms with E-state index >= 15 is 0 Å². The first-order chi connectivity index (χ1) is 9.53. The second kappa shape index (κ2) is 6.11. The van der Waals surface area contributed by atoms with E-state index in [4.69, 9.17) is 5.73 Å². The van der Waals surface area contributed by atoms with Crippen LogP contribution in [0.4, 0.5) is 5.13 Å². The van der Waals surface area contributed by atoms with E-state index in [1.807, 2.05) is 24.4 Å². The fourth-order valence-electron chi connectivity index (χ4n) is 1.85. The average Bonchev–Trinajstić information content (AvgIpc) is 2.88. The highest BCUT2D eigenvalue weighted by molar-refractivity contribution is 7.14. The van der Waals surface area contributed by atoms with E-state index in [2.05, 4.69) is 15.3 Å². The minimum atomic E-state index is -0.866. The number of nitrogens with one attached hydrogen (secondary N) is 1. The summed E-state index contributed by atoms with van der Waals surface area (Å²) in [5, 5.41) is 5.23. The van der Waals surface area contributed by atoms with Crippen LogP contribution >= 0.6 is 11.3 Å². The molecular formula is C14H18N4OS. The van der Waals surface area contributed by atoms with Crippen LogP contribution in [0.1, 0.15) is 26.7 Å². The zero-order chi connectivity index (χ0) is 14.6. The van der Waals surface area contributed by atoms with Crippen molar-refractivity contribution in [3.05, 3.63) is 29.9 Å². The molecule has 5 nitrogen and oxygen atoms in total. The quantitative estimate of drug-likeness (QED) is 0.887. The van der Waals surface area contributed by atoms with Gasteiger partial charge in [0.15, 0.2) is 5.13 Å². The third-order valence-electron chi connectivity index (χ3n) is 2.97. The molecule has 106 valence electrons. The van der Waals surface area contributed by atoms with Gasteiger partial charge in [0.05, 0.1) is 11.2 Å². The Morgan fingerprint density at radius 3 is 3.00 bits per heavy atom. The number of hydrogen-bond donors (Lipinski definition) is 2. The van der Waals surface area contributed by atoms with Gasteiger partial charge in [0.25, 0.3) is 0 Å². The Balaban J connectivity index is 2.09. The summed E-state index contributed by atoms with van der Waals surface area (Å²) in [7, 11) is 0. The lowest BCUT2D eigenvalue weighted by Crippen LogP contribution is -2.48. The molecule has 3 N–H and O–H groups in total. The van der Waals surface area contributed by atoms with Crippen molar-refractivity contribution in [3.63, 3.8) is 0 Å². The Morgan fingerprint density at radius 1 is 1.55 bits per heavy atom. The van der Waals surface area contributed by atoms with E-state index in [0.717, 1.165) is 17.7 Å². The smallest absolute Gasteiger partial charge is 0.245 e. The Kier molecular flexibility index (Phi) is 4.46. The molecule has 20 heavy (non-hydrogen) atoms. The number of anilines is 1. The highest BCUT2D eigenvalue weighted by Gasteiger charge is 2.27. The Bertz CT molecular complexity index is 580. The lowest BCUT2D eigenvalue weighted by molar-refractivity contribution is -0.120. The Morgan fingerprint density at radius 2 is 2.35 bits per heavy atom. The highest BCUT2D eigenvalue weighted by Crippen LogP contribution is 2.24. The lowest BCUT2D eigenvalue weighted by Gasteiger charge is -2.21. The number of pyridine rings is 1. The normalized spacial score (nSPS) is 13.8. The SMILES string of the molecule is CCCC(C)(N)C(=O)Nc1nc(-c2cccnc2)cs1. The van der Waals surface area contributed by atoms with Gasteiger partial charge in [-0.1, -0.05) is 13.3 Å². The summed E-state index contributed by atoms with van der Waals surface area (Å²) in [4.78, 5) is 20.5. The Hall–Kier alpha value is -1.79. The number of nitrogens with zero attached hydrogens (tertiary/aromatic N) is 2. The van der Waals surface area contributed by atoms with Gasteiger partial charge in [0, 0.05) is 23.3 Å². The lowest BCUT2D eigenvalue weighted by atomic mass is 9.97. The number of rotatable bonds is 5. The molecule has 1 amide bonds. The molecule has 2 aromatic heterocycles. The third kappa shape index (κ3) is 3.40. The van der Waals surface area contributed by atoms with Crippen molar-refractivity contribution in [1.29, 1.82) is 0 Å². The maximum atomic E-state index is 12.1. The molecule has 2 heterocycles. The molecule has 0 fully saturated rings. The van der Waals surface area contributed by atoms with Crippen LogP contribution in [0.25, 0.3) is 11.3 Å². The number of aromatic nitrogens is 2. The molecule has 1 atom stereocenters. The van der Waals surface area contributed by atoms with Crippen LogP contribution in [0.15, 0.2) is 29.9 Å². The minimum absolute atomic E-state index is 0.202. The van der Waals surface area contributed by atoms with Crippen LogP contribution in [-0.4, -0.2) is 21.4 Å². The van der Waals surface area contributed by atoms with Gasteiger partial charge in [-0.05, 0) is 25.5 Å². The molecule has 6 heteroatoms. The zero-order valence-corrected chi connectivity index (χ0v) is 12.4. The van der Waals surface area contributed by atoms with Gasteiger partial charge in [-0.15, -0.1) is 11.3 Å². The molecule has 0 aliphatic heterocycles. The summed E-state index contributed by atoms with van der Waals surface area (Å²) < 4.78 is 0. The van der Waals surface area contributed by atoms with Crippen LogP contribution in [0.3, 0.4) is 0 Å². The summed E-state index contributed by atoms with van der Waals surface area (Å²) in [6.07, 6.45) is 4.95. The fraction of sp³-hybridized carbons (Fsp3) is 0.357. The second-order valence-corrected chi connectivity index (χ2v) is 5.76. The van der Waals surface area contributed by atoms with Crippen molar-refractivity contribution in [2.24, 2.45) is 5.73 Å². The summed E-state index contributed by atoms with van der Waals surface area (Å²) in [5.74, 6) is -0.202. The van der Waals surface area contributed by atoms with E-state index in [1.54, 1.807) is 19.3 Å². The molecule has 0 radical (unpaired) electrons. The first kappa shape index (κ1) is 14.6. The molecule has 0 aliphatic carbocycles. The molecule has 0 saturated carbocycles. The van der Waals surface area contributed by atoms with Crippen LogP contribution < -0.4 is 11.1 Å². The molecule has 1 unspecified atom stereocenters. The zero-order valence-electron chi connectivity index (χ0n) is 11.6. The first-order valence-electron chi connectivity index (χ1n) is 6.49. The topological polar surface area (TPSA) is 80.9 Å². The predicted octanol–water partition coefficient (Wildman–Crippen LogP) is 2.66. The van der Waals surface area contributed by atoms with Gasteiger partial charge in [0.2, 0.25) is 5.91 Å². The maximum absolute atomic E-state index is 12.1. The van der Waals surface area contributed by atoms with Gasteiger partial charge in [0.1, 0.15) is 0 Å². The summed E-state index contributed by atoms with van der Waals surface area (Å²) in [6, 6.07) is 3.78. The number of nitrogens with two attached hydrogens (primary N) is 1. The largest absolute Gasteiger partial charge is 0.318 e. The van der Waals surface area contributed by atoms with E-state index < -0.39 is 5.54 Å². The number of amides is 1. The monoisotopic (exact) mass is 290 g/mol. The van der Waals surface area contributed by atoms with Crippen LogP contribution in [0, 0.1) is 0 Å². The molecule has 2 rings (SSSR count). The van der Waals surface area contributed by atoms with Crippen LogP contribution in [-0.2, 0) is 4.79 Å². The maximum Gasteiger partial charge on any atom is 0.245 e. The fourth-order valence-corrected chi connectivity index (χ4v) is 2.57. The van der Waals surface area contributed by atoms with E-state index in [-0.39, 0.29) is 5.91 Å². The molecule has 0 aliphatic rings. The summed E-state index contributed by atoms with van der Waals surface area (Å²) >= 11 is 1.38. The average molecular weight is 290 g/mol. The number of carbonyl (C=O) groups is 1. The predicted molar refractivity (Wildman–Crippen MR) is 81.5 cm³/mol. The highest BCUT2D eigenvalue weighted by atomic mass is 32.1. The van der Waals surface area contributed by atoms with Crippen molar-refractivity contribution in [1.82, 2.24) is 9.97 Å². The minimum Gasteiger partial charge on any atom is -0.318 e. The van der Waals surface area contributed by atoms with Crippen molar-refractivity contribution in [3.8, 4) is 11.3 Å². The van der Waals surface area contributed by atoms with Crippen molar-refractivity contribution in [2.45, 2.75) is 32.2 Å². The van der Waals surface area contributed by atoms with E-state index in [9.17, 15) is 4.79 Å². The number of hydrogen-bond acceptors (Lipinski definition) is 5. The van der Waals surface area contributed by atoms with Gasteiger partial charge < -0.3 is 11.1 Å².